The molecule has 0 saturated heterocycles. The van der Waals surface area contributed by atoms with Gasteiger partial charge in [-0.15, -0.1) is 11.8 Å². The number of esters is 1. The van der Waals surface area contributed by atoms with E-state index in [1.165, 1.54) is 23.9 Å². The van der Waals surface area contributed by atoms with E-state index in [-0.39, 0.29) is 12.2 Å². The molecule has 0 radical (unpaired) electrons. The standard InChI is InChI=1S/C11H13FO3S/c1-3-15-11(14)10(13)8-5-4-7(16-2)6-9(8)12/h4-6,10,13H,3H2,1-2H3. The largest absolute Gasteiger partial charge is 0.464 e. The molecule has 1 aromatic rings. The molecular formula is C11H13FO3S. The Labute approximate surface area is 97.6 Å². The second-order valence-electron chi connectivity index (χ2n) is 3.04. The van der Waals surface area contributed by atoms with Crippen molar-refractivity contribution in [2.24, 2.45) is 0 Å². The Morgan fingerprint density at radius 1 is 1.62 bits per heavy atom. The van der Waals surface area contributed by atoms with E-state index in [1.54, 1.807) is 13.0 Å². The van der Waals surface area contributed by atoms with Gasteiger partial charge in [0.2, 0.25) is 0 Å². The van der Waals surface area contributed by atoms with Crippen molar-refractivity contribution >= 4 is 17.7 Å². The third-order valence-corrected chi connectivity index (χ3v) is 2.74. The molecular weight excluding hydrogens is 231 g/mol. The number of aliphatic hydroxyl groups excluding tert-OH is 1. The summed E-state index contributed by atoms with van der Waals surface area (Å²) in [7, 11) is 0. The minimum absolute atomic E-state index is 0.0590. The second kappa shape index (κ2) is 5.86. The van der Waals surface area contributed by atoms with Crippen molar-refractivity contribution in [3.8, 4) is 0 Å². The van der Waals surface area contributed by atoms with E-state index in [2.05, 4.69) is 4.74 Å². The fraction of sp³-hybridized carbons (Fsp3) is 0.364. The molecule has 1 unspecified atom stereocenters. The molecule has 0 saturated carbocycles. The molecule has 88 valence electrons. The van der Waals surface area contributed by atoms with Crippen LogP contribution in [0.25, 0.3) is 0 Å². The van der Waals surface area contributed by atoms with Crippen molar-refractivity contribution in [1.29, 1.82) is 0 Å². The molecule has 1 atom stereocenters. The lowest BCUT2D eigenvalue weighted by Crippen LogP contribution is -2.16. The molecule has 0 bridgehead atoms. The van der Waals surface area contributed by atoms with Crippen LogP contribution in [0.15, 0.2) is 23.1 Å². The maximum atomic E-state index is 13.5. The zero-order valence-electron chi connectivity index (χ0n) is 9.07. The number of carbonyl (C=O) groups excluding carboxylic acids is 1. The predicted octanol–water partition coefficient (Wildman–Crippen LogP) is 2.14. The Morgan fingerprint density at radius 2 is 2.31 bits per heavy atom. The van der Waals surface area contributed by atoms with Crippen LogP contribution in [0.1, 0.15) is 18.6 Å². The van der Waals surface area contributed by atoms with Crippen LogP contribution < -0.4 is 0 Å². The average molecular weight is 244 g/mol. The van der Waals surface area contributed by atoms with Gasteiger partial charge in [-0.05, 0) is 25.3 Å². The number of ether oxygens (including phenoxy) is 1. The zero-order chi connectivity index (χ0) is 12.1. The molecule has 5 heteroatoms. The van der Waals surface area contributed by atoms with Crippen molar-refractivity contribution in [2.45, 2.75) is 17.9 Å². The van der Waals surface area contributed by atoms with Gasteiger partial charge in [0.1, 0.15) is 5.82 Å². The molecule has 0 amide bonds. The molecule has 0 heterocycles. The molecule has 1 rings (SSSR count). The van der Waals surface area contributed by atoms with Crippen molar-refractivity contribution in [3.05, 3.63) is 29.6 Å². The SMILES string of the molecule is CCOC(=O)C(O)c1ccc(SC)cc1F. The lowest BCUT2D eigenvalue weighted by molar-refractivity contribution is -0.153. The predicted molar refractivity (Wildman–Crippen MR) is 59.8 cm³/mol. The van der Waals surface area contributed by atoms with Crippen LogP contribution >= 0.6 is 11.8 Å². The molecule has 16 heavy (non-hydrogen) atoms. The van der Waals surface area contributed by atoms with Gasteiger partial charge in [0.25, 0.3) is 0 Å². The molecule has 0 aromatic heterocycles. The Bertz CT molecular complexity index is 381. The van der Waals surface area contributed by atoms with Crippen LogP contribution in [0.3, 0.4) is 0 Å². The van der Waals surface area contributed by atoms with Gasteiger partial charge in [0.05, 0.1) is 6.61 Å². The van der Waals surface area contributed by atoms with Gasteiger partial charge >= 0.3 is 5.97 Å². The van der Waals surface area contributed by atoms with E-state index in [9.17, 15) is 14.3 Å². The van der Waals surface area contributed by atoms with Crippen molar-refractivity contribution in [3.63, 3.8) is 0 Å². The van der Waals surface area contributed by atoms with Gasteiger partial charge in [-0.25, -0.2) is 9.18 Å². The highest BCUT2D eigenvalue weighted by Crippen LogP contribution is 2.23. The van der Waals surface area contributed by atoms with Gasteiger partial charge in [0, 0.05) is 10.5 Å². The average Bonchev–Trinajstić information content (AvgIpc) is 2.28. The summed E-state index contributed by atoms with van der Waals surface area (Å²) in [6.45, 7) is 1.78. The minimum atomic E-state index is -1.56. The number of hydrogen-bond acceptors (Lipinski definition) is 4. The molecule has 1 aromatic carbocycles. The van der Waals surface area contributed by atoms with Gasteiger partial charge < -0.3 is 9.84 Å². The smallest absolute Gasteiger partial charge is 0.339 e. The first-order valence-corrected chi connectivity index (χ1v) is 6.00. The quantitative estimate of drug-likeness (QED) is 0.651. The maximum absolute atomic E-state index is 13.5. The van der Waals surface area contributed by atoms with Gasteiger partial charge in [-0.2, -0.15) is 0 Å². The number of thioether (sulfide) groups is 1. The zero-order valence-corrected chi connectivity index (χ0v) is 9.88. The van der Waals surface area contributed by atoms with E-state index in [0.717, 1.165) is 4.90 Å². The Hall–Kier alpha value is -1.07. The van der Waals surface area contributed by atoms with E-state index >= 15 is 0 Å². The molecule has 0 spiro atoms. The van der Waals surface area contributed by atoms with Crippen LogP contribution in [-0.2, 0) is 9.53 Å². The summed E-state index contributed by atoms with van der Waals surface area (Å²) in [5.41, 5.74) is -0.0590. The molecule has 1 N–H and O–H groups in total. The van der Waals surface area contributed by atoms with E-state index < -0.39 is 17.9 Å². The topological polar surface area (TPSA) is 46.5 Å². The lowest BCUT2D eigenvalue weighted by atomic mass is 10.1. The van der Waals surface area contributed by atoms with E-state index in [0.29, 0.717) is 0 Å². The monoisotopic (exact) mass is 244 g/mol. The molecule has 0 fully saturated rings. The Balaban J connectivity index is 2.91. The van der Waals surface area contributed by atoms with Crippen LogP contribution in [0, 0.1) is 5.82 Å². The van der Waals surface area contributed by atoms with Crippen LogP contribution in [0.2, 0.25) is 0 Å². The maximum Gasteiger partial charge on any atom is 0.339 e. The first kappa shape index (κ1) is 13.0. The third-order valence-electron chi connectivity index (χ3n) is 2.01. The molecule has 3 nitrogen and oxygen atoms in total. The normalized spacial score (nSPS) is 12.2. The van der Waals surface area contributed by atoms with Crippen molar-refractivity contribution in [1.82, 2.24) is 0 Å². The second-order valence-corrected chi connectivity index (χ2v) is 3.92. The number of benzene rings is 1. The number of hydrogen-bond donors (Lipinski definition) is 1. The van der Waals surface area contributed by atoms with Crippen LogP contribution in [0.4, 0.5) is 4.39 Å². The van der Waals surface area contributed by atoms with E-state index in [1.807, 2.05) is 6.26 Å². The summed E-state index contributed by atoms with van der Waals surface area (Å²) in [5.74, 6) is -1.44. The minimum Gasteiger partial charge on any atom is -0.464 e. The molecule has 0 aliphatic heterocycles. The number of aliphatic hydroxyl groups is 1. The number of carbonyl (C=O) groups is 1. The summed E-state index contributed by atoms with van der Waals surface area (Å²) in [6.07, 6.45) is 0.256. The summed E-state index contributed by atoms with van der Waals surface area (Å²) < 4.78 is 18.1. The first-order chi connectivity index (χ1) is 7.60. The molecule has 0 aliphatic carbocycles. The molecule has 0 aliphatic rings. The summed E-state index contributed by atoms with van der Waals surface area (Å²) in [5, 5.41) is 9.54. The summed E-state index contributed by atoms with van der Waals surface area (Å²) >= 11 is 1.38. The first-order valence-electron chi connectivity index (χ1n) is 4.78. The summed E-state index contributed by atoms with van der Waals surface area (Å²) in [6, 6.07) is 4.32. The van der Waals surface area contributed by atoms with Crippen molar-refractivity contribution in [2.75, 3.05) is 12.9 Å². The fourth-order valence-corrected chi connectivity index (χ4v) is 1.63. The van der Waals surface area contributed by atoms with Crippen molar-refractivity contribution < 1.29 is 19.0 Å². The van der Waals surface area contributed by atoms with Crippen LogP contribution in [0.5, 0.6) is 0 Å². The number of rotatable bonds is 4. The van der Waals surface area contributed by atoms with Gasteiger partial charge in [-0.3, -0.25) is 0 Å². The van der Waals surface area contributed by atoms with E-state index in [4.69, 9.17) is 0 Å². The Kier molecular flexibility index (Phi) is 4.76. The highest BCUT2D eigenvalue weighted by Gasteiger charge is 2.22. The fourth-order valence-electron chi connectivity index (χ4n) is 1.20. The van der Waals surface area contributed by atoms with Crippen LogP contribution in [-0.4, -0.2) is 23.9 Å². The highest BCUT2D eigenvalue weighted by molar-refractivity contribution is 7.98. The third kappa shape index (κ3) is 2.96. The summed E-state index contributed by atoms with van der Waals surface area (Å²) in [4.78, 5) is 11.9. The van der Waals surface area contributed by atoms with Gasteiger partial charge in [0.15, 0.2) is 6.10 Å². The highest BCUT2D eigenvalue weighted by atomic mass is 32.2. The lowest BCUT2D eigenvalue weighted by Gasteiger charge is -2.11. The van der Waals surface area contributed by atoms with Gasteiger partial charge in [-0.1, -0.05) is 6.07 Å². The number of halogens is 1. The Morgan fingerprint density at radius 3 is 2.81 bits per heavy atom.